The molecule has 4 nitrogen and oxygen atoms in total. The van der Waals surface area contributed by atoms with Gasteiger partial charge >= 0.3 is 0 Å². The van der Waals surface area contributed by atoms with Gasteiger partial charge in [0.15, 0.2) is 0 Å². The Balaban J connectivity index is 1.57. The SMILES string of the molecule is Cc1ccc(-c2ccn(-c3ccc4c5c(oc4c3)CCNC5)c(=O)c2)c(F)c1. The van der Waals surface area contributed by atoms with Crippen molar-refractivity contribution in [2.24, 2.45) is 0 Å². The van der Waals surface area contributed by atoms with Gasteiger partial charge in [-0.25, -0.2) is 4.39 Å². The van der Waals surface area contributed by atoms with Crippen LogP contribution in [0, 0.1) is 12.7 Å². The lowest BCUT2D eigenvalue weighted by atomic mass is 10.0. The molecule has 4 aromatic rings. The van der Waals surface area contributed by atoms with Crippen LogP contribution in [0.25, 0.3) is 27.8 Å². The summed E-state index contributed by atoms with van der Waals surface area (Å²) < 4.78 is 21.8. The molecular weight excluding hydrogens is 355 g/mol. The van der Waals surface area contributed by atoms with Crippen LogP contribution in [0.1, 0.15) is 16.9 Å². The minimum atomic E-state index is -0.326. The molecule has 0 spiro atoms. The number of nitrogens with one attached hydrogen (secondary N) is 1. The normalized spacial score (nSPS) is 13.6. The van der Waals surface area contributed by atoms with Crippen LogP contribution < -0.4 is 10.9 Å². The molecule has 2 aromatic carbocycles. The van der Waals surface area contributed by atoms with Crippen molar-refractivity contribution < 1.29 is 8.81 Å². The number of furan rings is 1. The lowest BCUT2D eigenvalue weighted by molar-refractivity contribution is 0.500. The molecule has 0 atom stereocenters. The van der Waals surface area contributed by atoms with Gasteiger partial charge in [0.2, 0.25) is 0 Å². The van der Waals surface area contributed by atoms with Gasteiger partial charge in [-0.15, -0.1) is 0 Å². The average Bonchev–Trinajstić information content (AvgIpc) is 3.05. The third kappa shape index (κ3) is 2.75. The van der Waals surface area contributed by atoms with Crippen LogP contribution in [0.3, 0.4) is 0 Å². The highest BCUT2D eigenvalue weighted by Gasteiger charge is 2.18. The molecule has 0 amide bonds. The Hall–Kier alpha value is -3.18. The van der Waals surface area contributed by atoms with Crippen molar-refractivity contribution in [1.29, 1.82) is 0 Å². The van der Waals surface area contributed by atoms with Crippen LogP contribution in [0.2, 0.25) is 0 Å². The lowest BCUT2D eigenvalue weighted by Gasteiger charge is -2.10. The van der Waals surface area contributed by atoms with E-state index in [1.165, 1.54) is 17.7 Å². The summed E-state index contributed by atoms with van der Waals surface area (Å²) in [5.74, 6) is 0.691. The molecule has 1 aliphatic heterocycles. The number of hydrogen-bond donors (Lipinski definition) is 1. The molecule has 28 heavy (non-hydrogen) atoms. The highest BCUT2D eigenvalue weighted by molar-refractivity contribution is 5.84. The molecule has 0 radical (unpaired) electrons. The van der Waals surface area contributed by atoms with Gasteiger partial charge in [-0.05, 0) is 42.3 Å². The Morgan fingerprint density at radius 1 is 1.11 bits per heavy atom. The van der Waals surface area contributed by atoms with Crippen LogP contribution in [-0.2, 0) is 13.0 Å². The summed E-state index contributed by atoms with van der Waals surface area (Å²) in [4.78, 5) is 12.7. The maximum absolute atomic E-state index is 14.3. The average molecular weight is 374 g/mol. The third-order valence-electron chi connectivity index (χ3n) is 5.32. The first-order valence-electron chi connectivity index (χ1n) is 9.35. The quantitative estimate of drug-likeness (QED) is 0.568. The number of rotatable bonds is 2. The first-order valence-corrected chi connectivity index (χ1v) is 9.35. The summed E-state index contributed by atoms with van der Waals surface area (Å²) in [6.45, 7) is 3.55. The zero-order valence-electron chi connectivity index (χ0n) is 15.5. The number of nitrogens with zero attached hydrogens (tertiary/aromatic N) is 1. The standard InChI is InChI=1S/C23H19FN2O2/c1-14-2-4-17(20(24)10-14)15-7-9-26(23(27)11-15)16-3-5-18-19-13-25-8-6-21(19)28-22(18)12-16/h2-5,7,9-12,25H,6,8,13H2,1H3. The van der Waals surface area contributed by atoms with Crippen molar-refractivity contribution in [3.63, 3.8) is 0 Å². The summed E-state index contributed by atoms with van der Waals surface area (Å²) in [5.41, 5.74) is 4.34. The molecule has 0 aliphatic carbocycles. The van der Waals surface area contributed by atoms with E-state index in [-0.39, 0.29) is 11.4 Å². The van der Waals surface area contributed by atoms with Gasteiger partial charge in [0.1, 0.15) is 17.2 Å². The van der Waals surface area contributed by atoms with Gasteiger partial charge in [-0.1, -0.05) is 12.1 Å². The lowest BCUT2D eigenvalue weighted by Crippen LogP contribution is -2.22. The van der Waals surface area contributed by atoms with Gasteiger partial charge in [0, 0.05) is 54.4 Å². The highest BCUT2D eigenvalue weighted by Crippen LogP contribution is 2.30. The summed E-state index contributed by atoms with van der Waals surface area (Å²) in [6.07, 6.45) is 2.55. The van der Waals surface area contributed by atoms with E-state index in [0.29, 0.717) is 11.1 Å². The number of fused-ring (bicyclic) bond motifs is 3. The van der Waals surface area contributed by atoms with Crippen molar-refractivity contribution in [1.82, 2.24) is 9.88 Å². The van der Waals surface area contributed by atoms with Crippen LogP contribution in [0.5, 0.6) is 0 Å². The Kier molecular flexibility index (Phi) is 3.91. The van der Waals surface area contributed by atoms with Crippen molar-refractivity contribution >= 4 is 11.0 Å². The molecule has 3 heterocycles. The second kappa shape index (κ2) is 6.46. The maximum Gasteiger partial charge on any atom is 0.255 e. The summed E-state index contributed by atoms with van der Waals surface area (Å²) in [6, 6.07) is 14.1. The van der Waals surface area contributed by atoms with E-state index in [2.05, 4.69) is 5.32 Å². The van der Waals surface area contributed by atoms with Crippen molar-refractivity contribution in [2.45, 2.75) is 19.9 Å². The van der Waals surface area contributed by atoms with Gasteiger partial charge in [0.25, 0.3) is 5.56 Å². The zero-order chi connectivity index (χ0) is 19.3. The molecule has 0 fully saturated rings. The Labute approximate surface area is 161 Å². The van der Waals surface area contributed by atoms with E-state index in [4.69, 9.17) is 4.42 Å². The number of aryl methyl sites for hydroxylation is 1. The minimum absolute atomic E-state index is 0.213. The van der Waals surface area contributed by atoms with Gasteiger partial charge < -0.3 is 9.73 Å². The second-order valence-corrected chi connectivity index (χ2v) is 7.22. The molecular formula is C23H19FN2O2. The smallest absolute Gasteiger partial charge is 0.255 e. The minimum Gasteiger partial charge on any atom is -0.461 e. The van der Waals surface area contributed by atoms with Crippen LogP contribution in [-0.4, -0.2) is 11.1 Å². The molecule has 0 unspecified atom stereocenters. The molecule has 0 saturated heterocycles. The van der Waals surface area contributed by atoms with Gasteiger partial charge in [-0.2, -0.15) is 0 Å². The molecule has 0 saturated carbocycles. The number of benzene rings is 2. The summed E-state index contributed by atoms with van der Waals surface area (Å²) >= 11 is 0. The fourth-order valence-corrected chi connectivity index (χ4v) is 3.86. The fourth-order valence-electron chi connectivity index (χ4n) is 3.86. The first kappa shape index (κ1) is 17.0. The van der Waals surface area contributed by atoms with Gasteiger partial charge in [-0.3, -0.25) is 9.36 Å². The van der Waals surface area contributed by atoms with Crippen LogP contribution in [0.4, 0.5) is 4.39 Å². The second-order valence-electron chi connectivity index (χ2n) is 7.22. The number of aromatic nitrogens is 1. The van der Waals surface area contributed by atoms with E-state index in [1.54, 1.807) is 22.9 Å². The Morgan fingerprint density at radius 2 is 2.00 bits per heavy atom. The summed E-state index contributed by atoms with van der Waals surface area (Å²) in [5, 5.41) is 4.44. The topological polar surface area (TPSA) is 47.2 Å². The Bertz CT molecular complexity index is 1270. The van der Waals surface area contributed by atoms with E-state index >= 15 is 0 Å². The molecule has 1 aliphatic rings. The first-order chi connectivity index (χ1) is 13.6. The van der Waals surface area contributed by atoms with Crippen molar-refractivity contribution in [2.75, 3.05) is 6.54 Å². The molecule has 1 N–H and O–H groups in total. The monoisotopic (exact) mass is 374 g/mol. The predicted molar refractivity (Wildman–Crippen MR) is 107 cm³/mol. The zero-order valence-corrected chi connectivity index (χ0v) is 15.5. The van der Waals surface area contributed by atoms with E-state index in [1.807, 2.05) is 31.2 Å². The predicted octanol–water partition coefficient (Wildman–Crippen LogP) is 4.34. The van der Waals surface area contributed by atoms with Gasteiger partial charge in [0.05, 0.1) is 5.69 Å². The molecule has 0 bridgehead atoms. The van der Waals surface area contributed by atoms with Crippen molar-refractivity contribution in [3.05, 3.63) is 87.8 Å². The number of hydrogen-bond acceptors (Lipinski definition) is 3. The van der Waals surface area contributed by atoms with E-state index in [0.717, 1.165) is 47.5 Å². The molecule has 2 aromatic heterocycles. The van der Waals surface area contributed by atoms with Crippen molar-refractivity contribution in [3.8, 4) is 16.8 Å². The number of pyridine rings is 1. The maximum atomic E-state index is 14.3. The largest absolute Gasteiger partial charge is 0.461 e. The number of halogens is 1. The van der Waals surface area contributed by atoms with E-state index in [9.17, 15) is 9.18 Å². The molecule has 140 valence electrons. The third-order valence-corrected chi connectivity index (χ3v) is 5.32. The fraction of sp³-hybridized carbons (Fsp3) is 0.174. The van der Waals surface area contributed by atoms with Crippen LogP contribution >= 0.6 is 0 Å². The Morgan fingerprint density at radius 3 is 2.82 bits per heavy atom. The summed E-state index contributed by atoms with van der Waals surface area (Å²) in [7, 11) is 0. The highest BCUT2D eigenvalue weighted by atomic mass is 19.1. The van der Waals surface area contributed by atoms with Crippen LogP contribution in [0.15, 0.2) is 63.9 Å². The van der Waals surface area contributed by atoms with E-state index < -0.39 is 0 Å². The molecule has 5 heteroatoms. The molecule has 5 rings (SSSR count).